The van der Waals surface area contributed by atoms with Crippen molar-refractivity contribution in [3.63, 3.8) is 0 Å². The average molecular weight is 266 g/mol. The lowest BCUT2D eigenvalue weighted by atomic mass is 10.1. The Bertz CT molecular complexity index is 423. The smallest absolute Gasteiger partial charge is 0.146 e. The van der Waals surface area contributed by atoms with E-state index in [1.54, 1.807) is 13.2 Å². The monoisotopic (exact) mass is 266 g/mol. The van der Waals surface area contributed by atoms with Crippen LogP contribution < -0.4 is 10.6 Å². The molecule has 3 nitrogen and oxygen atoms in total. The molecule has 0 bridgehead atoms. The van der Waals surface area contributed by atoms with Crippen LogP contribution in [0.25, 0.3) is 0 Å². The molecular weight excluding hydrogens is 243 g/mol. The van der Waals surface area contributed by atoms with Crippen molar-refractivity contribution < 1.29 is 9.13 Å². The van der Waals surface area contributed by atoms with E-state index in [2.05, 4.69) is 4.90 Å². The molecule has 1 fully saturated rings. The first-order chi connectivity index (χ1) is 9.10. The summed E-state index contributed by atoms with van der Waals surface area (Å²) in [6, 6.07) is 5.53. The van der Waals surface area contributed by atoms with Crippen LogP contribution in [0, 0.1) is 11.7 Å². The van der Waals surface area contributed by atoms with Gasteiger partial charge in [0.2, 0.25) is 0 Å². The standard InChI is InChI=1S/C15H23FN2O/c1-11(17)7-12-3-4-15(14(16)8-12)18-6-5-13(9-18)10-19-2/h3-4,8,11,13H,5-7,9-10,17H2,1-2H3. The van der Waals surface area contributed by atoms with E-state index in [0.717, 1.165) is 31.7 Å². The first-order valence-electron chi connectivity index (χ1n) is 6.88. The second kappa shape index (κ2) is 6.35. The summed E-state index contributed by atoms with van der Waals surface area (Å²) in [6.45, 7) is 4.46. The number of ether oxygens (including phenoxy) is 1. The number of halogens is 1. The molecule has 1 heterocycles. The second-order valence-electron chi connectivity index (χ2n) is 5.52. The van der Waals surface area contributed by atoms with Crippen molar-refractivity contribution in [1.82, 2.24) is 0 Å². The third-order valence-corrected chi connectivity index (χ3v) is 3.60. The number of anilines is 1. The minimum Gasteiger partial charge on any atom is -0.384 e. The van der Waals surface area contributed by atoms with Crippen molar-refractivity contribution in [3.8, 4) is 0 Å². The van der Waals surface area contributed by atoms with Gasteiger partial charge in [0.15, 0.2) is 0 Å². The zero-order valence-corrected chi connectivity index (χ0v) is 11.7. The highest BCUT2D eigenvalue weighted by molar-refractivity contribution is 5.50. The van der Waals surface area contributed by atoms with Gasteiger partial charge in [0, 0.05) is 32.2 Å². The van der Waals surface area contributed by atoms with E-state index < -0.39 is 0 Å². The normalized spacial score (nSPS) is 20.8. The van der Waals surface area contributed by atoms with Crippen LogP contribution in [-0.2, 0) is 11.2 Å². The molecule has 0 radical (unpaired) electrons. The van der Waals surface area contributed by atoms with E-state index in [0.29, 0.717) is 18.0 Å². The number of hydrogen-bond acceptors (Lipinski definition) is 3. The minimum absolute atomic E-state index is 0.0584. The van der Waals surface area contributed by atoms with Crippen molar-refractivity contribution in [3.05, 3.63) is 29.6 Å². The van der Waals surface area contributed by atoms with Crippen LogP contribution in [0.4, 0.5) is 10.1 Å². The van der Waals surface area contributed by atoms with Gasteiger partial charge in [-0.05, 0) is 37.5 Å². The molecule has 0 aromatic heterocycles. The lowest BCUT2D eigenvalue weighted by molar-refractivity contribution is 0.161. The maximum absolute atomic E-state index is 14.2. The van der Waals surface area contributed by atoms with Gasteiger partial charge in [0.1, 0.15) is 5.82 Å². The van der Waals surface area contributed by atoms with Crippen LogP contribution in [0.15, 0.2) is 18.2 Å². The Morgan fingerprint density at radius 2 is 2.32 bits per heavy atom. The second-order valence-corrected chi connectivity index (χ2v) is 5.52. The molecule has 2 atom stereocenters. The maximum atomic E-state index is 14.2. The van der Waals surface area contributed by atoms with E-state index in [9.17, 15) is 4.39 Å². The summed E-state index contributed by atoms with van der Waals surface area (Å²) in [4.78, 5) is 2.11. The lowest BCUT2D eigenvalue weighted by Crippen LogP contribution is -2.22. The Hall–Kier alpha value is -1.13. The number of methoxy groups -OCH3 is 1. The average Bonchev–Trinajstić information content (AvgIpc) is 2.77. The van der Waals surface area contributed by atoms with Crippen molar-refractivity contribution in [2.24, 2.45) is 11.7 Å². The van der Waals surface area contributed by atoms with Gasteiger partial charge in [0.05, 0.1) is 12.3 Å². The molecule has 2 N–H and O–H groups in total. The zero-order valence-electron chi connectivity index (χ0n) is 11.7. The summed E-state index contributed by atoms with van der Waals surface area (Å²) in [5.41, 5.74) is 7.40. The predicted molar refractivity (Wildman–Crippen MR) is 75.9 cm³/mol. The largest absolute Gasteiger partial charge is 0.384 e. The number of hydrogen-bond donors (Lipinski definition) is 1. The topological polar surface area (TPSA) is 38.5 Å². The molecule has 106 valence electrons. The molecule has 1 aliphatic rings. The summed E-state index contributed by atoms with van der Waals surface area (Å²) >= 11 is 0. The molecule has 1 aromatic carbocycles. The molecule has 1 saturated heterocycles. The molecule has 0 aliphatic carbocycles. The Morgan fingerprint density at radius 3 is 2.95 bits per heavy atom. The Labute approximate surface area is 114 Å². The maximum Gasteiger partial charge on any atom is 0.146 e. The van der Waals surface area contributed by atoms with Gasteiger partial charge in [-0.3, -0.25) is 0 Å². The highest BCUT2D eigenvalue weighted by Gasteiger charge is 2.24. The van der Waals surface area contributed by atoms with Crippen molar-refractivity contribution in [2.45, 2.75) is 25.8 Å². The first-order valence-corrected chi connectivity index (χ1v) is 6.88. The van der Waals surface area contributed by atoms with Crippen LogP contribution >= 0.6 is 0 Å². The summed E-state index contributed by atoms with van der Waals surface area (Å²) < 4.78 is 19.3. The summed E-state index contributed by atoms with van der Waals surface area (Å²) in [5.74, 6) is 0.365. The SMILES string of the molecule is COCC1CCN(c2ccc(CC(C)N)cc2F)C1. The van der Waals surface area contributed by atoms with Crippen molar-refractivity contribution >= 4 is 5.69 Å². The van der Waals surface area contributed by atoms with Crippen LogP contribution in [0.2, 0.25) is 0 Å². The summed E-state index contributed by atoms with van der Waals surface area (Å²) in [6.07, 6.45) is 1.78. The van der Waals surface area contributed by atoms with Crippen LogP contribution in [-0.4, -0.2) is 32.8 Å². The fourth-order valence-corrected chi connectivity index (χ4v) is 2.73. The first kappa shape index (κ1) is 14.3. The molecule has 19 heavy (non-hydrogen) atoms. The molecular formula is C15H23FN2O. The Kier molecular flexibility index (Phi) is 4.77. The summed E-state index contributed by atoms with van der Waals surface area (Å²) in [7, 11) is 1.71. The van der Waals surface area contributed by atoms with Gasteiger partial charge >= 0.3 is 0 Å². The van der Waals surface area contributed by atoms with Crippen LogP contribution in [0.1, 0.15) is 18.9 Å². The molecule has 1 aromatic rings. The van der Waals surface area contributed by atoms with Gasteiger partial charge < -0.3 is 15.4 Å². The number of nitrogens with zero attached hydrogens (tertiary/aromatic N) is 1. The van der Waals surface area contributed by atoms with Crippen molar-refractivity contribution in [1.29, 1.82) is 0 Å². The molecule has 4 heteroatoms. The predicted octanol–water partition coefficient (Wildman–Crippen LogP) is 2.19. The lowest BCUT2D eigenvalue weighted by Gasteiger charge is -2.20. The molecule has 1 aliphatic heterocycles. The highest BCUT2D eigenvalue weighted by atomic mass is 19.1. The molecule has 0 spiro atoms. The minimum atomic E-state index is -0.142. The third kappa shape index (κ3) is 3.67. The van der Waals surface area contributed by atoms with Crippen LogP contribution in [0.3, 0.4) is 0 Å². The van der Waals surface area contributed by atoms with Gasteiger partial charge in [-0.2, -0.15) is 0 Å². The zero-order chi connectivity index (χ0) is 13.8. The number of benzene rings is 1. The fraction of sp³-hybridized carbons (Fsp3) is 0.600. The van der Waals surface area contributed by atoms with Gasteiger partial charge in [-0.25, -0.2) is 4.39 Å². The molecule has 2 rings (SSSR count). The Balaban J connectivity index is 2.05. The van der Waals surface area contributed by atoms with Gasteiger partial charge in [-0.1, -0.05) is 6.07 Å². The highest BCUT2D eigenvalue weighted by Crippen LogP contribution is 2.27. The fourth-order valence-electron chi connectivity index (χ4n) is 2.73. The van der Waals surface area contributed by atoms with E-state index in [1.165, 1.54) is 0 Å². The summed E-state index contributed by atoms with van der Waals surface area (Å²) in [5, 5.41) is 0. The van der Waals surface area contributed by atoms with E-state index in [-0.39, 0.29) is 11.9 Å². The number of rotatable bonds is 5. The van der Waals surface area contributed by atoms with E-state index >= 15 is 0 Å². The quantitative estimate of drug-likeness (QED) is 0.888. The third-order valence-electron chi connectivity index (χ3n) is 3.60. The van der Waals surface area contributed by atoms with Gasteiger partial charge in [-0.15, -0.1) is 0 Å². The van der Waals surface area contributed by atoms with E-state index in [4.69, 9.17) is 10.5 Å². The van der Waals surface area contributed by atoms with Crippen molar-refractivity contribution in [2.75, 3.05) is 31.7 Å². The molecule has 2 unspecified atom stereocenters. The van der Waals surface area contributed by atoms with E-state index in [1.807, 2.05) is 19.1 Å². The van der Waals surface area contributed by atoms with Crippen LogP contribution in [0.5, 0.6) is 0 Å². The Morgan fingerprint density at radius 1 is 1.53 bits per heavy atom. The molecule has 0 amide bonds. The molecule has 0 saturated carbocycles. The number of nitrogens with two attached hydrogens (primary N) is 1. The van der Waals surface area contributed by atoms with Gasteiger partial charge in [0.25, 0.3) is 0 Å².